The highest BCUT2D eigenvalue weighted by atomic mass is 32.1. The van der Waals surface area contributed by atoms with E-state index in [4.69, 9.17) is 17.5 Å². The number of nitrogens with one attached hydrogen (secondary N) is 1. The van der Waals surface area contributed by atoms with E-state index < -0.39 is 5.54 Å². The maximum absolute atomic E-state index is 6.09. The molecule has 2 radical (unpaired) electrons. The van der Waals surface area contributed by atoms with Gasteiger partial charge in [-0.3, -0.25) is 5.10 Å². The van der Waals surface area contributed by atoms with E-state index in [1.165, 1.54) is 0 Å². The summed E-state index contributed by atoms with van der Waals surface area (Å²) in [4.78, 5) is 3.80. The quantitative estimate of drug-likeness (QED) is 0.863. The van der Waals surface area contributed by atoms with Crippen molar-refractivity contribution in [3.8, 4) is 10.4 Å². The fraction of sp³-hybridized carbons (Fsp3) is 0.312. The molecule has 2 aromatic rings. The average molecular weight is 325 g/mol. The first-order valence-corrected chi connectivity index (χ1v) is 8.13. The van der Waals surface area contributed by atoms with Crippen LogP contribution >= 0.6 is 11.3 Å². The lowest BCUT2D eigenvalue weighted by atomic mass is 9.86. The Morgan fingerprint density at radius 3 is 3.04 bits per heavy atom. The number of ether oxygens (including phenoxy) is 2. The molecule has 0 saturated heterocycles. The summed E-state index contributed by atoms with van der Waals surface area (Å²) in [5, 5.41) is 6.87. The molecule has 0 amide bonds. The van der Waals surface area contributed by atoms with Crippen LogP contribution < -0.4 is 0 Å². The predicted octanol–water partition coefficient (Wildman–Crippen LogP) is 2.65. The maximum atomic E-state index is 6.09. The molecule has 0 aliphatic carbocycles. The molecule has 0 spiro atoms. The number of aromatic nitrogens is 2. The lowest BCUT2D eigenvalue weighted by molar-refractivity contribution is 0.0431. The lowest BCUT2D eigenvalue weighted by Crippen LogP contribution is -2.51. The van der Waals surface area contributed by atoms with Crippen LogP contribution in [0.5, 0.6) is 0 Å². The van der Waals surface area contributed by atoms with E-state index in [0.717, 1.165) is 32.2 Å². The molecule has 4 heterocycles. The first-order chi connectivity index (χ1) is 11.0. The number of fused-ring (bicyclic) bond motifs is 2. The van der Waals surface area contributed by atoms with Crippen molar-refractivity contribution in [3.63, 3.8) is 0 Å². The van der Waals surface area contributed by atoms with E-state index in [0.29, 0.717) is 19.0 Å². The van der Waals surface area contributed by atoms with Crippen LogP contribution in [0.4, 0.5) is 0 Å². The molecule has 23 heavy (non-hydrogen) atoms. The topological polar surface area (TPSA) is 50.4 Å². The van der Waals surface area contributed by atoms with Crippen molar-refractivity contribution in [1.82, 2.24) is 15.0 Å². The highest BCUT2D eigenvalue weighted by molar-refractivity contribution is 7.16. The molecular weight excluding hydrogens is 309 g/mol. The Labute approximate surface area is 140 Å². The van der Waals surface area contributed by atoms with E-state index in [1.807, 2.05) is 26.4 Å². The third-order valence-corrected chi connectivity index (χ3v) is 5.71. The van der Waals surface area contributed by atoms with Gasteiger partial charge in [-0.25, -0.2) is 0 Å². The van der Waals surface area contributed by atoms with Crippen LogP contribution in [0.25, 0.3) is 21.8 Å². The summed E-state index contributed by atoms with van der Waals surface area (Å²) in [5.41, 5.74) is 2.70. The summed E-state index contributed by atoms with van der Waals surface area (Å²) < 4.78 is 11.9. The van der Waals surface area contributed by atoms with E-state index in [1.54, 1.807) is 16.1 Å². The van der Waals surface area contributed by atoms with Gasteiger partial charge in [-0.05, 0) is 20.0 Å². The number of thiophene rings is 1. The Kier molecular flexibility index (Phi) is 3.26. The summed E-state index contributed by atoms with van der Waals surface area (Å²) >= 11 is 1.65. The zero-order valence-electron chi connectivity index (χ0n) is 13.0. The van der Waals surface area contributed by atoms with Crippen molar-refractivity contribution in [2.75, 3.05) is 20.3 Å². The molecule has 4 rings (SSSR count). The van der Waals surface area contributed by atoms with Gasteiger partial charge in [-0.1, -0.05) is 6.58 Å². The molecule has 2 aliphatic rings. The second-order valence-electron chi connectivity index (χ2n) is 6.05. The molecule has 1 atom stereocenters. The zero-order valence-corrected chi connectivity index (χ0v) is 13.9. The van der Waals surface area contributed by atoms with Gasteiger partial charge < -0.3 is 14.3 Å². The normalized spacial score (nSPS) is 23.7. The summed E-state index contributed by atoms with van der Waals surface area (Å²) in [6.45, 7) is 7.11. The van der Waals surface area contributed by atoms with Crippen molar-refractivity contribution in [1.29, 1.82) is 0 Å². The Hall–Kier alpha value is -1.83. The lowest BCUT2D eigenvalue weighted by Gasteiger charge is -2.44. The van der Waals surface area contributed by atoms with Crippen LogP contribution in [-0.2, 0) is 9.47 Å². The number of H-pyrrole nitrogens is 1. The van der Waals surface area contributed by atoms with Gasteiger partial charge in [0.2, 0.25) is 0 Å². The van der Waals surface area contributed by atoms with E-state index in [2.05, 4.69) is 22.8 Å². The Morgan fingerprint density at radius 2 is 2.35 bits per heavy atom. The molecule has 0 bridgehead atoms. The molecule has 2 aliphatic heterocycles. The molecule has 0 aromatic carbocycles. The van der Waals surface area contributed by atoms with Gasteiger partial charge in [0.15, 0.2) is 7.98 Å². The summed E-state index contributed by atoms with van der Waals surface area (Å²) in [5.74, 6) is 1.50. The van der Waals surface area contributed by atoms with Crippen molar-refractivity contribution in [2.24, 2.45) is 0 Å². The number of nitrogens with zero attached hydrogens (tertiary/aromatic N) is 2. The number of hydrogen-bond acceptors (Lipinski definition) is 5. The number of likely N-dealkylation sites (N-methyl/N-ethyl adjacent to an activating group) is 1. The van der Waals surface area contributed by atoms with Gasteiger partial charge in [0.1, 0.15) is 11.5 Å². The minimum Gasteiger partial charge on any atom is -0.458 e. The fourth-order valence-corrected chi connectivity index (χ4v) is 4.04. The monoisotopic (exact) mass is 325 g/mol. The highest BCUT2D eigenvalue weighted by Gasteiger charge is 2.42. The van der Waals surface area contributed by atoms with Crippen LogP contribution in [0, 0.1) is 0 Å². The Morgan fingerprint density at radius 1 is 1.52 bits per heavy atom. The van der Waals surface area contributed by atoms with Gasteiger partial charge in [0.25, 0.3) is 0 Å². The second kappa shape index (κ2) is 5.09. The number of rotatable bonds is 2. The maximum Gasteiger partial charge on any atom is 0.183 e. The third-order valence-electron chi connectivity index (χ3n) is 4.49. The molecule has 0 fully saturated rings. The first kappa shape index (κ1) is 14.7. The van der Waals surface area contributed by atoms with Crippen LogP contribution in [0.1, 0.15) is 17.4 Å². The van der Waals surface area contributed by atoms with Crippen molar-refractivity contribution >= 4 is 30.7 Å². The number of aromatic amines is 1. The van der Waals surface area contributed by atoms with Gasteiger partial charge in [-0.2, -0.15) is 5.10 Å². The van der Waals surface area contributed by atoms with Gasteiger partial charge in [0, 0.05) is 27.8 Å². The summed E-state index contributed by atoms with van der Waals surface area (Å²) in [7, 11) is 7.88. The van der Waals surface area contributed by atoms with Crippen molar-refractivity contribution in [2.45, 2.75) is 12.5 Å². The van der Waals surface area contributed by atoms with Crippen LogP contribution in [0.2, 0.25) is 0 Å². The average Bonchev–Trinajstić information content (AvgIpc) is 3.17. The Balaban J connectivity index is 1.89. The van der Waals surface area contributed by atoms with Gasteiger partial charge in [-0.15, -0.1) is 11.3 Å². The molecule has 0 saturated carbocycles. The molecule has 1 unspecified atom stereocenters. The third kappa shape index (κ3) is 2.11. The van der Waals surface area contributed by atoms with E-state index in [-0.39, 0.29) is 0 Å². The summed E-state index contributed by atoms with van der Waals surface area (Å²) in [6, 6.07) is 2.15. The smallest absolute Gasteiger partial charge is 0.183 e. The van der Waals surface area contributed by atoms with Crippen LogP contribution in [0.15, 0.2) is 30.8 Å². The SMILES string of the molecule is [B]N(C)C1(C)COCC2=C1OC(=C)c1sc(-c3cn[nH]c3)cc12. The van der Waals surface area contributed by atoms with Gasteiger partial charge in [0.05, 0.1) is 29.8 Å². The van der Waals surface area contributed by atoms with Crippen molar-refractivity contribution in [3.05, 3.63) is 41.2 Å². The molecule has 116 valence electrons. The highest BCUT2D eigenvalue weighted by Crippen LogP contribution is 2.48. The van der Waals surface area contributed by atoms with E-state index >= 15 is 0 Å². The molecule has 5 nitrogen and oxygen atoms in total. The predicted molar refractivity (Wildman–Crippen MR) is 91.7 cm³/mol. The standard InChI is InChI=1S/C16H16BN3O2S/c1-9-14-11(4-13(23-14)10-5-18-19-6-10)12-7-21-8-16(2,20(3)17)15(12)22-9/h4-6H,1,7-8H2,2-3H3,(H,18,19). The van der Waals surface area contributed by atoms with Crippen molar-refractivity contribution < 1.29 is 9.47 Å². The van der Waals surface area contributed by atoms with Crippen LogP contribution in [-0.4, -0.2) is 48.8 Å². The first-order valence-electron chi connectivity index (χ1n) is 7.31. The minimum atomic E-state index is -0.508. The fourth-order valence-electron chi connectivity index (χ4n) is 2.96. The second-order valence-corrected chi connectivity index (χ2v) is 7.10. The largest absolute Gasteiger partial charge is 0.458 e. The molecule has 1 N–H and O–H groups in total. The summed E-state index contributed by atoms with van der Waals surface area (Å²) in [6.07, 6.45) is 3.69. The minimum absolute atomic E-state index is 0.486. The molecular formula is C16H16BN3O2S. The molecule has 2 aromatic heterocycles. The van der Waals surface area contributed by atoms with E-state index in [9.17, 15) is 0 Å². The Bertz CT molecular complexity index is 809. The zero-order chi connectivity index (χ0) is 16.2. The van der Waals surface area contributed by atoms with Crippen LogP contribution in [0.3, 0.4) is 0 Å². The van der Waals surface area contributed by atoms with Gasteiger partial charge >= 0.3 is 0 Å². The molecule has 7 heteroatoms. The number of hydrogen-bond donors (Lipinski definition) is 1.